The van der Waals surface area contributed by atoms with Gasteiger partial charge in [0.2, 0.25) is 11.7 Å². The molecule has 6 heteroatoms. The van der Waals surface area contributed by atoms with Gasteiger partial charge >= 0.3 is 0 Å². The lowest BCUT2D eigenvalue weighted by atomic mass is 10.1. The number of benzene rings is 1. The first-order valence-electron chi connectivity index (χ1n) is 7.47. The van der Waals surface area contributed by atoms with Gasteiger partial charge in [-0.3, -0.25) is 5.06 Å². The van der Waals surface area contributed by atoms with Crippen molar-refractivity contribution in [3.63, 3.8) is 0 Å². The summed E-state index contributed by atoms with van der Waals surface area (Å²) in [6.07, 6.45) is 3.29. The summed E-state index contributed by atoms with van der Waals surface area (Å²) in [4.78, 5) is 17.2. The van der Waals surface area contributed by atoms with Gasteiger partial charge in [-0.1, -0.05) is 24.3 Å². The summed E-state index contributed by atoms with van der Waals surface area (Å²) in [6.45, 7) is 0. The van der Waals surface area contributed by atoms with Gasteiger partial charge in [-0.05, 0) is 36.4 Å². The summed E-state index contributed by atoms with van der Waals surface area (Å²) >= 11 is 0. The van der Waals surface area contributed by atoms with Crippen molar-refractivity contribution in [3.05, 3.63) is 89.4 Å². The average molecular weight is 315 g/mol. The van der Waals surface area contributed by atoms with Crippen molar-refractivity contribution in [1.82, 2.24) is 9.97 Å². The Morgan fingerprint density at radius 3 is 1.54 bits per heavy atom. The molecule has 116 valence electrons. The van der Waals surface area contributed by atoms with Crippen molar-refractivity contribution in [2.75, 3.05) is 0 Å². The Labute approximate surface area is 138 Å². The second-order valence-corrected chi connectivity index (χ2v) is 5.17. The monoisotopic (exact) mass is 315 g/mol. The van der Waals surface area contributed by atoms with E-state index in [0.717, 1.165) is 11.1 Å². The zero-order valence-corrected chi connectivity index (χ0v) is 12.6. The highest BCUT2D eigenvalue weighted by atomic mass is 16.5. The maximum absolute atomic E-state index is 12.9. The van der Waals surface area contributed by atoms with E-state index in [1.807, 2.05) is 48.5 Å². The molecule has 0 amide bonds. The van der Waals surface area contributed by atoms with Crippen LogP contribution in [0.2, 0.25) is 0 Å². The van der Waals surface area contributed by atoms with Gasteiger partial charge in [0.1, 0.15) is 0 Å². The van der Waals surface area contributed by atoms with Crippen LogP contribution in [0, 0.1) is 5.21 Å². The Morgan fingerprint density at radius 2 is 1.12 bits per heavy atom. The van der Waals surface area contributed by atoms with Crippen molar-refractivity contribution in [2.45, 2.75) is 0 Å². The van der Waals surface area contributed by atoms with Crippen LogP contribution < -0.4 is 5.06 Å². The number of amidine groups is 2. The Balaban J connectivity index is 1.85. The van der Waals surface area contributed by atoms with E-state index in [9.17, 15) is 5.21 Å². The molecule has 0 saturated carbocycles. The summed E-state index contributed by atoms with van der Waals surface area (Å²) in [7, 11) is 0. The van der Waals surface area contributed by atoms with E-state index in [0.29, 0.717) is 23.3 Å². The second-order valence-electron chi connectivity index (χ2n) is 5.17. The lowest BCUT2D eigenvalue weighted by Gasteiger charge is -2.15. The minimum Gasteiger partial charge on any atom is -0.621 e. The van der Waals surface area contributed by atoms with E-state index in [4.69, 9.17) is 0 Å². The lowest BCUT2D eigenvalue weighted by Crippen LogP contribution is -3.10. The van der Waals surface area contributed by atoms with Crippen LogP contribution in [0.5, 0.6) is 0 Å². The third-order valence-electron chi connectivity index (χ3n) is 3.62. The first kappa shape index (κ1) is 14.4. The van der Waals surface area contributed by atoms with Gasteiger partial charge in [0, 0.05) is 12.4 Å². The molecule has 2 aromatic heterocycles. The van der Waals surface area contributed by atoms with E-state index >= 15 is 0 Å². The predicted octanol–water partition coefficient (Wildman–Crippen LogP) is 2.03. The van der Waals surface area contributed by atoms with Crippen molar-refractivity contribution in [1.29, 1.82) is 0 Å². The summed E-state index contributed by atoms with van der Waals surface area (Å²) in [5.74, 6) is 1.71. The Kier molecular flexibility index (Phi) is 3.66. The molecule has 0 bridgehead atoms. The van der Waals surface area contributed by atoms with E-state index in [1.54, 1.807) is 24.5 Å². The number of hydroxylamine groups is 2. The number of pyridine rings is 2. The molecule has 24 heavy (non-hydrogen) atoms. The normalized spacial score (nSPS) is 19.6. The fraction of sp³-hybridized carbons (Fsp3) is 0. The van der Waals surface area contributed by atoms with E-state index in [1.165, 1.54) is 0 Å². The molecule has 0 saturated heterocycles. The van der Waals surface area contributed by atoms with Crippen LogP contribution in [0.1, 0.15) is 11.1 Å². The lowest BCUT2D eigenvalue weighted by molar-refractivity contribution is -0.631. The molecule has 3 aromatic rings. The average Bonchev–Trinajstić information content (AvgIpc) is 2.90. The number of aliphatic imine (C=N–C) groups is 2. The number of nitrogens with zero attached hydrogens (tertiary/aromatic N) is 4. The molecule has 4 rings (SSSR count). The fourth-order valence-corrected chi connectivity index (χ4v) is 2.54. The number of fused-ring (bicyclic) bond motifs is 1. The first-order valence-corrected chi connectivity index (χ1v) is 7.47. The Hall–Kier alpha value is -3.22. The number of nitrogens with one attached hydrogen (secondary N) is 1. The van der Waals surface area contributed by atoms with Crippen LogP contribution in [0.4, 0.5) is 11.6 Å². The molecule has 0 fully saturated rings. The van der Waals surface area contributed by atoms with Crippen LogP contribution >= 0.6 is 0 Å². The summed E-state index contributed by atoms with van der Waals surface area (Å²) in [5, 5.41) is 12.6. The van der Waals surface area contributed by atoms with Gasteiger partial charge < -0.3 is 5.21 Å². The van der Waals surface area contributed by atoms with E-state index < -0.39 is 0 Å². The minimum absolute atomic E-state index is 0.215. The van der Waals surface area contributed by atoms with Crippen LogP contribution in [-0.2, 0) is 0 Å². The molecular formula is C18H13N5O. The first-order chi connectivity index (χ1) is 11.8. The van der Waals surface area contributed by atoms with Crippen LogP contribution in [0.3, 0.4) is 0 Å². The van der Waals surface area contributed by atoms with Gasteiger partial charge in [0.15, 0.2) is 11.6 Å². The van der Waals surface area contributed by atoms with Gasteiger partial charge in [0.05, 0.1) is 11.1 Å². The van der Waals surface area contributed by atoms with Gasteiger partial charge in [0.25, 0.3) is 0 Å². The minimum atomic E-state index is -0.215. The molecular weight excluding hydrogens is 302 g/mol. The summed E-state index contributed by atoms with van der Waals surface area (Å²) in [5.41, 5.74) is 1.53. The topological polar surface area (TPSA) is 78.0 Å². The highest BCUT2D eigenvalue weighted by molar-refractivity contribution is 6.16. The molecule has 1 N–H and O–H groups in total. The molecule has 0 radical (unpaired) electrons. The maximum Gasteiger partial charge on any atom is 0.242 e. The number of quaternary nitrogens is 1. The largest absolute Gasteiger partial charge is 0.621 e. The quantitative estimate of drug-likeness (QED) is 0.735. The van der Waals surface area contributed by atoms with Gasteiger partial charge in [-0.15, -0.1) is 0 Å². The SMILES string of the molecule is [O-][NH+]1C(=Nc2ccccn2)c2ccccc2C1=Nc1ccccn1. The van der Waals surface area contributed by atoms with Gasteiger partial charge in [-0.2, -0.15) is 9.98 Å². The molecule has 1 aliphatic heterocycles. The Morgan fingerprint density at radius 1 is 0.667 bits per heavy atom. The van der Waals surface area contributed by atoms with Crippen LogP contribution in [-0.4, -0.2) is 21.6 Å². The molecule has 0 spiro atoms. The van der Waals surface area contributed by atoms with Gasteiger partial charge in [-0.25, -0.2) is 9.97 Å². The molecule has 3 heterocycles. The molecule has 0 atom stereocenters. The molecule has 6 nitrogen and oxygen atoms in total. The van der Waals surface area contributed by atoms with Crippen molar-refractivity contribution < 1.29 is 5.06 Å². The van der Waals surface area contributed by atoms with Crippen molar-refractivity contribution >= 4 is 23.3 Å². The van der Waals surface area contributed by atoms with Crippen molar-refractivity contribution in [3.8, 4) is 0 Å². The Bertz CT molecular complexity index is 846. The molecule has 0 unspecified atom stereocenters. The third kappa shape index (κ3) is 2.60. The van der Waals surface area contributed by atoms with E-state index in [-0.39, 0.29) is 5.06 Å². The fourth-order valence-electron chi connectivity index (χ4n) is 2.54. The second kappa shape index (κ2) is 6.11. The van der Waals surface area contributed by atoms with Crippen molar-refractivity contribution in [2.24, 2.45) is 9.98 Å². The maximum atomic E-state index is 12.9. The number of aromatic nitrogens is 2. The predicted molar refractivity (Wildman–Crippen MR) is 91.6 cm³/mol. The van der Waals surface area contributed by atoms with Crippen LogP contribution in [0.25, 0.3) is 0 Å². The highest BCUT2D eigenvalue weighted by Gasteiger charge is 2.33. The zero-order chi connectivity index (χ0) is 16.4. The smallest absolute Gasteiger partial charge is 0.242 e. The standard InChI is InChI=1S/C18H13N5O/c24-23-17(21-15-9-3-5-11-19-15)13-7-1-2-8-14(13)18(23)22-16-10-4-6-12-20-16/h1-12,23H. The zero-order valence-electron chi connectivity index (χ0n) is 12.6. The highest BCUT2D eigenvalue weighted by Crippen LogP contribution is 2.18. The number of hydrogen-bond acceptors (Lipinski definition) is 5. The van der Waals surface area contributed by atoms with E-state index in [2.05, 4.69) is 20.0 Å². The molecule has 1 aliphatic rings. The summed E-state index contributed by atoms with van der Waals surface area (Å²) < 4.78 is 0. The molecule has 0 aliphatic carbocycles. The number of rotatable bonds is 2. The summed E-state index contributed by atoms with van der Waals surface area (Å²) in [6, 6.07) is 18.3. The van der Waals surface area contributed by atoms with Crippen LogP contribution in [0.15, 0.2) is 83.0 Å². The molecule has 1 aromatic carbocycles. The third-order valence-corrected chi connectivity index (χ3v) is 3.62. The number of hydrogen-bond donors (Lipinski definition) is 1.